The summed E-state index contributed by atoms with van der Waals surface area (Å²) in [5.41, 5.74) is 0.134. The fraction of sp³-hybridized carbons (Fsp3) is 0.600. The van der Waals surface area contributed by atoms with Crippen LogP contribution < -0.4 is 10.9 Å². The van der Waals surface area contributed by atoms with Gasteiger partial charge < -0.3 is 15.4 Å². The van der Waals surface area contributed by atoms with Gasteiger partial charge in [-0.2, -0.15) is 4.98 Å². The van der Waals surface area contributed by atoms with E-state index in [9.17, 15) is 9.90 Å². The molecule has 5 nitrogen and oxygen atoms in total. The standard InChI is InChI=1S/C10H17N3O2/c1-3-5-7-9(14)12-8(6-11-4-2)13-10(7)15/h11H,3-6H2,1-2H3,(H2,12,13,14,15). The highest BCUT2D eigenvalue weighted by molar-refractivity contribution is 5.22. The molecule has 1 rings (SSSR count). The van der Waals surface area contributed by atoms with Crippen molar-refractivity contribution in [3.63, 3.8) is 0 Å². The van der Waals surface area contributed by atoms with Crippen molar-refractivity contribution in [2.45, 2.75) is 33.2 Å². The molecule has 1 aromatic rings. The maximum atomic E-state index is 11.5. The van der Waals surface area contributed by atoms with E-state index >= 15 is 0 Å². The maximum absolute atomic E-state index is 11.5. The van der Waals surface area contributed by atoms with Crippen LogP contribution in [0.2, 0.25) is 0 Å². The van der Waals surface area contributed by atoms with Crippen molar-refractivity contribution < 1.29 is 5.11 Å². The van der Waals surface area contributed by atoms with Crippen LogP contribution in [-0.2, 0) is 13.0 Å². The van der Waals surface area contributed by atoms with Crippen molar-refractivity contribution in [2.75, 3.05) is 6.54 Å². The van der Waals surface area contributed by atoms with E-state index in [1.807, 2.05) is 13.8 Å². The number of aromatic hydroxyl groups is 1. The van der Waals surface area contributed by atoms with Crippen LogP contribution in [0.15, 0.2) is 4.79 Å². The number of hydrogen-bond donors (Lipinski definition) is 3. The first-order chi connectivity index (χ1) is 7.19. The summed E-state index contributed by atoms with van der Waals surface area (Å²) in [5.74, 6) is 0.327. The molecule has 1 heterocycles. The number of nitrogens with one attached hydrogen (secondary N) is 2. The summed E-state index contributed by atoms with van der Waals surface area (Å²) in [6.45, 7) is 5.17. The van der Waals surface area contributed by atoms with Crippen LogP contribution in [0.25, 0.3) is 0 Å². The highest BCUT2D eigenvalue weighted by atomic mass is 16.3. The first-order valence-electron chi connectivity index (χ1n) is 5.20. The molecule has 3 N–H and O–H groups in total. The number of rotatable bonds is 5. The number of H-pyrrole nitrogens is 1. The van der Waals surface area contributed by atoms with Gasteiger partial charge in [-0.25, -0.2) is 0 Å². The molecule has 0 unspecified atom stereocenters. The van der Waals surface area contributed by atoms with Gasteiger partial charge in [-0.15, -0.1) is 0 Å². The van der Waals surface area contributed by atoms with Gasteiger partial charge in [0.15, 0.2) is 0 Å². The second-order valence-corrected chi connectivity index (χ2v) is 3.35. The Morgan fingerprint density at radius 2 is 2.20 bits per heavy atom. The minimum absolute atomic E-state index is 0.145. The summed E-state index contributed by atoms with van der Waals surface area (Å²) in [7, 11) is 0. The van der Waals surface area contributed by atoms with E-state index in [2.05, 4.69) is 15.3 Å². The number of hydrogen-bond acceptors (Lipinski definition) is 4. The highest BCUT2D eigenvalue weighted by Gasteiger charge is 2.08. The zero-order chi connectivity index (χ0) is 11.3. The number of aromatic amines is 1. The number of nitrogens with zero attached hydrogens (tertiary/aromatic N) is 1. The van der Waals surface area contributed by atoms with E-state index in [0.717, 1.165) is 13.0 Å². The van der Waals surface area contributed by atoms with Crippen molar-refractivity contribution in [1.82, 2.24) is 15.3 Å². The summed E-state index contributed by atoms with van der Waals surface area (Å²) < 4.78 is 0. The quantitative estimate of drug-likeness (QED) is 0.664. The summed E-state index contributed by atoms with van der Waals surface area (Å²) >= 11 is 0. The Bertz CT molecular complexity index is 373. The van der Waals surface area contributed by atoms with Crippen molar-refractivity contribution in [3.8, 4) is 5.88 Å². The largest absolute Gasteiger partial charge is 0.493 e. The number of aromatic nitrogens is 2. The van der Waals surface area contributed by atoms with Crippen LogP contribution in [0.3, 0.4) is 0 Å². The van der Waals surface area contributed by atoms with Crippen molar-refractivity contribution in [1.29, 1.82) is 0 Å². The average molecular weight is 211 g/mol. The molecular weight excluding hydrogens is 194 g/mol. The monoisotopic (exact) mass is 211 g/mol. The second-order valence-electron chi connectivity index (χ2n) is 3.35. The zero-order valence-electron chi connectivity index (χ0n) is 9.13. The predicted molar refractivity (Wildman–Crippen MR) is 57.9 cm³/mol. The van der Waals surface area contributed by atoms with Gasteiger partial charge >= 0.3 is 0 Å². The SMILES string of the molecule is CCCc1c(O)nc(CNCC)[nH]c1=O. The third-order valence-corrected chi connectivity index (χ3v) is 2.09. The molecule has 0 saturated heterocycles. The summed E-state index contributed by atoms with van der Waals surface area (Å²) in [6.07, 6.45) is 1.36. The van der Waals surface area contributed by atoms with Gasteiger partial charge in [0.05, 0.1) is 12.1 Å². The molecular formula is C10H17N3O2. The van der Waals surface area contributed by atoms with Crippen LogP contribution in [0.1, 0.15) is 31.7 Å². The Morgan fingerprint density at radius 3 is 2.73 bits per heavy atom. The lowest BCUT2D eigenvalue weighted by molar-refractivity contribution is 0.437. The van der Waals surface area contributed by atoms with Crippen LogP contribution >= 0.6 is 0 Å². The molecule has 0 aliphatic carbocycles. The first-order valence-corrected chi connectivity index (χ1v) is 5.20. The molecule has 0 radical (unpaired) electrons. The molecule has 15 heavy (non-hydrogen) atoms. The second kappa shape index (κ2) is 5.50. The van der Waals surface area contributed by atoms with Crippen LogP contribution in [0.4, 0.5) is 0 Å². The Morgan fingerprint density at radius 1 is 1.47 bits per heavy atom. The summed E-state index contributed by atoms with van der Waals surface area (Å²) in [6, 6.07) is 0. The molecule has 0 aromatic carbocycles. The van der Waals surface area contributed by atoms with E-state index < -0.39 is 0 Å². The van der Waals surface area contributed by atoms with E-state index in [1.165, 1.54) is 0 Å². The van der Waals surface area contributed by atoms with Gasteiger partial charge in [-0.3, -0.25) is 4.79 Å². The fourth-order valence-electron chi connectivity index (χ4n) is 1.33. The third-order valence-electron chi connectivity index (χ3n) is 2.09. The minimum atomic E-state index is -0.239. The van der Waals surface area contributed by atoms with Crippen LogP contribution in [-0.4, -0.2) is 21.6 Å². The van der Waals surface area contributed by atoms with E-state index in [1.54, 1.807) is 0 Å². The van der Waals surface area contributed by atoms with Crippen molar-refractivity contribution in [3.05, 3.63) is 21.7 Å². The molecule has 0 aliphatic rings. The van der Waals surface area contributed by atoms with Crippen LogP contribution in [0.5, 0.6) is 5.88 Å². The zero-order valence-corrected chi connectivity index (χ0v) is 9.13. The molecule has 0 bridgehead atoms. The van der Waals surface area contributed by atoms with Crippen molar-refractivity contribution in [2.24, 2.45) is 0 Å². The lowest BCUT2D eigenvalue weighted by atomic mass is 10.2. The predicted octanol–water partition coefficient (Wildman–Crippen LogP) is 0.537. The molecule has 0 saturated carbocycles. The van der Waals surface area contributed by atoms with Gasteiger partial charge in [-0.05, 0) is 13.0 Å². The molecule has 1 aromatic heterocycles. The normalized spacial score (nSPS) is 10.5. The topological polar surface area (TPSA) is 78.0 Å². The first kappa shape index (κ1) is 11.7. The fourth-order valence-corrected chi connectivity index (χ4v) is 1.33. The molecule has 0 amide bonds. The molecule has 0 fully saturated rings. The molecule has 0 spiro atoms. The molecule has 0 atom stereocenters. The summed E-state index contributed by atoms with van der Waals surface area (Å²) in [5, 5.41) is 12.6. The lowest BCUT2D eigenvalue weighted by Crippen LogP contribution is -2.21. The Hall–Kier alpha value is -1.36. The maximum Gasteiger partial charge on any atom is 0.257 e. The van der Waals surface area contributed by atoms with E-state index in [4.69, 9.17) is 0 Å². The third kappa shape index (κ3) is 3.06. The van der Waals surface area contributed by atoms with Gasteiger partial charge in [0, 0.05) is 0 Å². The lowest BCUT2D eigenvalue weighted by Gasteiger charge is -2.05. The van der Waals surface area contributed by atoms with Gasteiger partial charge in [0.1, 0.15) is 5.82 Å². The molecule has 5 heteroatoms. The van der Waals surface area contributed by atoms with Gasteiger partial charge in [0.25, 0.3) is 5.56 Å². The van der Waals surface area contributed by atoms with Crippen LogP contribution in [0, 0.1) is 0 Å². The van der Waals surface area contributed by atoms with Gasteiger partial charge in [-0.1, -0.05) is 20.3 Å². The smallest absolute Gasteiger partial charge is 0.257 e. The minimum Gasteiger partial charge on any atom is -0.493 e. The van der Waals surface area contributed by atoms with E-state index in [0.29, 0.717) is 24.4 Å². The highest BCUT2D eigenvalue weighted by Crippen LogP contribution is 2.10. The Balaban J connectivity index is 2.92. The Kier molecular flexibility index (Phi) is 4.30. The van der Waals surface area contributed by atoms with E-state index in [-0.39, 0.29) is 11.4 Å². The summed E-state index contributed by atoms with van der Waals surface area (Å²) in [4.78, 5) is 18.1. The molecule has 0 aliphatic heterocycles. The van der Waals surface area contributed by atoms with Crippen molar-refractivity contribution >= 4 is 0 Å². The van der Waals surface area contributed by atoms with Gasteiger partial charge in [0.2, 0.25) is 5.88 Å². The molecule has 84 valence electrons. The average Bonchev–Trinajstić information content (AvgIpc) is 2.20. The Labute approximate surface area is 88.6 Å².